The summed E-state index contributed by atoms with van der Waals surface area (Å²) in [6.45, 7) is 4.25. The van der Waals surface area contributed by atoms with E-state index >= 15 is 0 Å². The molecule has 2 atom stereocenters. The molecule has 0 aliphatic rings. The van der Waals surface area contributed by atoms with E-state index in [1.807, 2.05) is 0 Å². The van der Waals surface area contributed by atoms with Crippen molar-refractivity contribution in [3.8, 4) is 0 Å². The van der Waals surface area contributed by atoms with Crippen molar-refractivity contribution in [1.82, 2.24) is 5.32 Å². The lowest BCUT2D eigenvalue weighted by molar-refractivity contribution is -0.123. The summed E-state index contributed by atoms with van der Waals surface area (Å²) in [7, 11) is 0. The average Bonchev–Trinajstić information content (AvgIpc) is 3.29. The fourth-order valence-electron chi connectivity index (χ4n) is 8.05. The molecule has 364 valence electrons. The molecule has 0 bridgehead atoms. The first-order chi connectivity index (χ1) is 31.2. The van der Waals surface area contributed by atoms with Gasteiger partial charge in [0.05, 0.1) is 18.8 Å². The molecule has 0 rings (SSSR count). The second-order valence-electron chi connectivity index (χ2n) is 18.3. The van der Waals surface area contributed by atoms with Gasteiger partial charge in [-0.3, -0.25) is 4.79 Å². The predicted molar refractivity (Wildman–Crippen MR) is 280 cm³/mol. The van der Waals surface area contributed by atoms with E-state index in [1.165, 1.54) is 154 Å². The van der Waals surface area contributed by atoms with Crippen LogP contribution in [0.5, 0.6) is 0 Å². The van der Waals surface area contributed by atoms with E-state index in [4.69, 9.17) is 0 Å². The third kappa shape index (κ3) is 50.4. The largest absolute Gasteiger partial charge is 0.394 e. The molecular weight excluding hydrogens is 771 g/mol. The van der Waals surface area contributed by atoms with E-state index in [0.717, 1.165) is 83.5 Å². The molecule has 3 N–H and O–H groups in total. The van der Waals surface area contributed by atoms with E-state index in [0.29, 0.717) is 12.8 Å². The lowest BCUT2D eigenvalue weighted by Gasteiger charge is -2.22. The van der Waals surface area contributed by atoms with Crippen molar-refractivity contribution in [2.24, 2.45) is 0 Å². The molecule has 0 aromatic carbocycles. The van der Waals surface area contributed by atoms with Crippen LogP contribution in [0.25, 0.3) is 0 Å². The molecule has 0 spiro atoms. The molecule has 0 aliphatic carbocycles. The van der Waals surface area contributed by atoms with Crippen molar-refractivity contribution < 1.29 is 15.0 Å². The van der Waals surface area contributed by atoms with Crippen molar-refractivity contribution in [3.05, 3.63) is 85.1 Å². The molecule has 0 radical (unpaired) electrons. The topological polar surface area (TPSA) is 69.6 Å². The fraction of sp³-hybridized carbons (Fsp3) is 0.746. The van der Waals surface area contributed by atoms with Gasteiger partial charge in [0.15, 0.2) is 0 Å². The van der Waals surface area contributed by atoms with Crippen LogP contribution in [0.4, 0.5) is 0 Å². The molecule has 2 unspecified atom stereocenters. The minimum Gasteiger partial charge on any atom is -0.394 e. The fourth-order valence-corrected chi connectivity index (χ4v) is 8.05. The van der Waals surface area contributed by atoms with Gasteiger partial charge < -0.3 is 15.5 Å². The summed E-state index contributed by atoms with van der Waals surface area (Å²) in [5, 5.41) is 23.3. The Morgan fingerprint density at radius 2 is 0.698 bits per heavy atom. The van der Waals surface area contributed by atoms with Crippen LogP contribution in [0.1, 0.15) is 264 Å². The minimum absolute atomic E-state index is 0.0435. The second-order valence-corrected chi connectivity index (χ2v) is 18.3. The minimum atomic E-state index is -0.671. The molecule has 0 heterocycles. The molecule has 0 aliphatic heterocycles. The van der Waals surface area contributed by atoms with Crippen LogP contribution in [-0.2, 0) is 4.79 Å². The van der Waals surface area contributed by atoms with Gasteiger partial charge in [-0.25, -0.2) is 0 Å². The van der Waals surface area contributed by atoms with Gasteiger partial charge in [-0.15, -0.1) is 0 Å². The monoisotopic (exact) mass is 876 g/mol. The van der Waals surface area contributed by atoms with Crippen molar-refractivity contribution in [1.29, 1.82) is 0 Å². The zero-order chi connectivity index (χ0) is 45.6. The van der Waals surface area contributed by atoms with Crippen LogP contribution in [0.2, 0.25) is 0 Å². The van der Waals surface area contributed by atoms with Crippen LogP contribution >= 0.6 is 0 Å². The quantitative estimate of drug-likeness (QED) is 0.0421. The van der Waals surface area contributed by atoms with Gasteiger partial charge in [0, 0.05) is 6.42 Å². The Labute approximate surface area is 392 Å². The van der Waals surface area contributed by atoms with E-state index in [1.54, 1.807) is 0 Å². The summed E-state index contributed by atoms with van der Waals surface area (Å²) < 4.78 is 0. The zero-order valence-electron chi connectivity index (χ0n) is 41.8. The third-order valence-corrected chi connectivity index (χ3v) is 12.2. The number of unbranched alkanes of at least 4 members (excludes halogenated alkanes) is 28. The van der Waals surface area contributed by atoms with Crippen molar-refractivity contribution in [2.75, 3.05) is 6.61 Å². The number of aliphatic hydroxyl groups excluding tert-OH is 2. The Bertz CT molecular complexity index is 1130. The van der Waals surface area contributed by atoms with Crippen molar-refractivity contribution >= 4 is 5.91 Å². The highest BCUT2D eigenvalue weighted by molar-refractivity contribution is 5.76. The predicted octanol–water partition coefficient (Wildman–Crippen LogP) is 18.0. The van der Waals surface area contributed by atoms with Gasteiger partial charge in [0.25, 0.3) is 0 Å². The lowest BCUT2D eigenvalue weighted by atomic mass is 10.0. The summed E-state index contributed by atoms with van der Waals surface area (Å²) in [5.41, 5.74) is 0. The van der Waals surface area contributed by atoms with Crippen LogP contribution < -0.4 is 5.32 Å². The summed E-state index contributed by atoms with van der Waals surface area (Å²) >= 11 is 0. The van der Waals surface area contributed by atoms with Gasteiger partial charge in [0.1, 0.15) is 0 Å². The van der Waals surface area contributed by atoms with Crippen LogP contribution in [-0.4, -0.2) is 34.9 Å². The Balaban J connectivity index is 3.56. The molecule has 1 amide bonds. The van der Waals surface area contributed by atoms with Crippen molar-refractivity contribution in [2.45, 2.75) is 276 Å². The van der Waals surface area contributed by atoms with Gasteiger partial charge in [-0.05, 0) is 70.6 Å². The highest BCUT2D eigenvalue weighted by Crippen LogP contribution is 2.17. The van der Waals surface area contributed by atoms with Gasteiger partial charge in [0.2, 0.25) is 5.91 Å². The van der Waals surface area contributed by atoms with Crippen LogP contribution in [0, 0.1) is 0 Å². The molecule has 4 nitrogen and oxygen atoms in total. The maximum atomic E-state index is 12.5. The molecule has 0 saturated carbocycles. The van der Waals surface area contributed by atoms with E-state index < -0.39 is 12.1 Å². The summed E-state index contributed by atoms with van der Waals surface area (Å²) in [4.78, 5) is 12.5. The standard InChI is InChI=1S/C59H105NO3/c1-3-5-7-9-11-13-15-17-19-21-23-25-27-28-29-30-31-32-33-35-37-39-41-43-45-47-49-51-53-55-59(63)60-57(56-61)58(62)54-52-50-48-46-44-42-40-38-36-34-26-24-22-20-18-16-14-12-10-8-6-4-2/h5,7,11,13,17,19,23,25,28-29,31-32,35,37,57-58,61-62H,3-4,6,8-10,12,14-16,18,20-22,24,26-27,30,33-34,36,38-56H2,1-2H3,(H,60,63)/b7-5-,13-11-,19-17-,25-23-,29-28-,32-31-,37-35-. The number of rotatable bonds is 49. The number of carbonyl (C=O) groups is 1. The van der Waals surface area contributed by atoms with Gasteiger partial charge >= 0.3 is 0 Å². The summed E-state index contributed by atoms with van der Waals surface area (Å²) in [6, 6.07) is -0.549. The highest BCUT2D eigenvalue weighted by atomic mass is 16.3. The number of carbonyl (C=O) groups excluding carboxylic acids is 1. The first-order valence-electron chi connectivity index (χ1n) is 27.3. The number of nitrogens with one attached hydrogen (secondary N) is 1. The van der Waals surface area contributed by atoms with E-state index in [2.05, 4.69) is 104 Å². The second kappa shape index (κ2) is 53.9. The third-order valence-electron chi connectivity index (χ3n) is 12.2. The number of amides is 1. The zero-order valence-corrected chi connectivity index (χ0v) is 41.8. The molecule has 4 heteroatoms. The first-order valence-corrected chi connectivity index (χ1v) is 27.3. The van der Waals surface area contributed by atoms with Gasteiger partial charge in [-0.2, -0.15) is 0 Å². The Morgan fingerprint density at radius 3 is 1.05 bits per heavy atom. The maximum absolute atomic E-state index is 12.5. The Hall–Kier alpha value is -2.43. The molecule has 63 heavy (non-hydrogen) atoms. The molecule has 0 fully saturated rings. The van der Waals surface area contributed by atoms with Crippen LogP contribution in [0.3, 0.4) is 0 Å². The number of hydrogen-bond acceptors (Lipinski definition) is 3. The Morgan fingerprint density at radius 1 is 0.397 bits per heavy atom. The molecule has 0 aromatic rings. The van der Waals surface area contributed by atoms with E-state index in [9.17, 15) is 15.0 Å². The molecule has 0 saturated heterocycles. The summed E-state index contributed by atoms with van der Waals surface area (Å²) in [6.07, 6.45) is 78.4. The van der Waals surface area contributed by atoms with Crippen molar-refractivity contribution in [3.63, 3.8) is 0 Å². The lowest BCUT2D eigenvalue weighted by Crippen LogP contribution is -2.45. The number of hydrogen-bond donors (Lipinski definition) is 3. The number of aliphatic hydroxyl groups is 2. The van der Waals surface area contributed by atoms with E-state index in [-0.39, 0.29) is 12.5 Å². The van der Waals surface area contributed by atoms with Crippen LogP contribution in [0.15, 0.2) is 85.1 Å². The molecular formula is C59H105NO3. The first kappa shape index (κ1) is 60.6. The van der Waals surface area contributed by atoms with Gasteiger partial charge in [-0.1, -0.05) is 272 Å². The SMILES string of the molecule is CC/C=C\C/C=C\C/C=C\C/C=C\C/C=C\C/C=C\C/C=C\CCCCCCCCCC(=O)NC(CO)C(O)CCCCCCCCCCCCCCCCCCCCCCCC. The normalized spacial score (nSPS) is 13.5. The molecule has 0 aromatic heterocycles. The highest BCUT2D eigenvalue weighted by Gasteiger charge is 2.20. The smallest absolute Gasteiger partial charge is 0.220 e. The average molecular weight is 876 g/mol. The summed E-state index contributed by atoms with van der Waals surface area (Å²) in [5.74, 6) is -0.0435. The Kier molecular flexibility index (Phi) is 51.8. The maximum Gasteiger partial charge on any atom is 0.220 e. The number of allylic oxidation sites excluding steroid dienone is 14.